The molecule has 0 spiro atoms. The maximum absolute atomic E-state index is 13.8. The SMILES string of the molecule is Cc1c(C([O-])=C2C(=O)C(=O)N(CCC[NH+]3CCOCC3)C2c2cccnc2)cnn1-c1ccccc1. The van der Waals surface area contributed by atoms with Crippen LogP contribution >= 0.6 is 0 Å². The van der Waals surface area contributed by atoms with E-state index in [4.69, 9.17) is 4.74 Å². The number of ketones is 1. The topological polar surface area (TPSA) is 105 Å². The standard InChI is InChI=1S/C27H29N5O4/c1-19-22(18-29-32(19)21-8-3-2-4-9-21)25(33)23-24(20-7-5-10-28-17-20)31(27(35)26(23)34)12-6-11-30-13-15-36-16-14-30/h2-5,7-10,17-18,24,33H,6,11-16H2,1H3. The summed E-state index contributed by atoms with van der Waals surface area (Å²) in [7, 11) is 0. The van der Waals surface area contributed by atoms with Gasteiger partial charge in [-0.3, -0.25) is 14.6 Å². The number of nitrogens with one attached hydrogen (secondary N) is 1. The van der Waals surface area contributed by atoms with Gasteiger partial charge in [0, 0.05) is 42.2 Å². The summed E-state index contributed by atoms with van der Waals surface area (Å²) >= 11 is 0. The van der Waals surface area contributed by atoms with Crippen LogP contribution in [0.15, 0.2) is 66.6 Å². The van der Waals surface area contributed by atoms with E-state index < -0.39 is 23.5 Å². The van der Waals surface area contributed by atoms with Crippen LogP contribution in [0.5, 0.6) is 0 Å². The van der Waals surface area contributed by atoms with Gasteiger partial charge in [-0.2, -0.15) is 5.10 Å². The molecule has 0 radical (unpaired) electrons. The number of carbonyl (C=O) groups excluding carboxylic acids is 2. The first-order valence-electron chi connectivity index (χ1n) is 12.2. The van der Waals surface area contributed by atoms with Crippen molar-refractivity contribution in [3.63, 3.8) is 0 Å². The average Bonchev–Trinajstić information content (AvgIpc) is 3.42. The first-order valence-corrected chi connectivity index (χ1v) is 12.2. The number of Topliss-reactive ketones (excluding diaryl/α,β-unsaturated/α-hetero) is 1. The number of hydrogen-bond acceptors (Lipinski definition) is 6. The predicted molar refractivity (Wildman–Crippen MR) is 130 cm³/mol. The summed E-state index contributed by atoms with van der Waals surface area (Å²) in [6, 6.07) is 12.2. The molecule has 1 atom stereocenters. The van der Waals surface area contributed by atoms with E-state index >= 15 is 0 Å². The van der Waals surface area contributed by atoms with E-state index in [0.717, 1.165) is 45.0 Å². The van der Waals surface area contributed by atoms with E-state index in [2.05, 4.69) is 10.1 Å². The van der Waals surface area contributed by atoms with E-state index in [1.54, 1.807) is 36.1 Å². The zero-order chi connectivity index (χ0) is 25.1. The molecule has 3 aromatic rings. The molecule has 5 rings (SSSR count). The lowest BCUT2D eigenvalue weighted by atomic mass is 9.96. The van der Waals surface area contributed by atoms with E-state index in [9.17, 15) is 14.7 Å². The molecule has 0 saturated carbocycles. The van der Waals surface area contributed by atoms with Gasteiger partial charge < -0.3 is 19.6 Å². The fraction of sp³-hybridized carbons (Fsp3) is 0.333. The summed E-state index contributed by atoms with van der Waals surface area (Å²) in [4.78, 5) is 33.5. The van der Waals surface area contributed by atoms with E-state index in [1.165, 1.54) is 16.0 Å². The normalized spacial score (nSPS) is 20.2. The van der Waals surface area contributed by atoms with Crippen molar-refractivity contribution in [3.05, 3.63) is 83.4 Å². The molecule has 1 N–H and O–H groups in total. The number of benzene rings is 1. The highest BCUT2D eigenvalue weighted by molar-refractivity contribution is 6.46. The first-order chi connectivity index (χ1) is 17.6. The van der Waals surface area contributed by atoms with Gasteiger partial charge >= 0.3 is 0 Å². The zero-order valence-electron chi connectivity index (χ0n) is 20.2. The fourth-order valence-corrected chi connectivity index (χ4v) is 5.00. The molecule has 2 saturated heterocycles. The summed E-state index contributed by atoms with van der Waals surface area (Å²) < 4.78 is 7.09. The highest BCUT2D eigenvalue weighted by Crippen LogP contribution is 2.38. The van der Waals surface area contributed by atoms with Crippen molar-refractivity contribution in [3.8, 4) is 5.69 Å². The predicted octanol–water partition coefficient (Wildman–Crippen LogP) is 0.105. The number of morpholine rings is 1. The van der Waals surface area contributed by atoms with Crippen molar-refractivity contribution in [2.24, 2.45) is 0 Å². The van der Waals surface area contributed by atoms with Gasteiger partial charge in [0.05, 0.1) is 37.7 Å². The summed E-state index contributed by atoms with van der Waals surface area (Å²) in [5.74, 6) is -1.86. The second-order valence-corrected chi connectivity index (χ2v) is 9.12. The third-order valence-electron chi connectivity index (χ3n) is 6.91. The van der Waals surface area contributed by atoms with Gasteiger partial charge in [-0.1, -0.05) is 30.0 Å². The third kappa shape index (κ3) is 4.55. The van der Waals surface area contributed by atoms with Crippen LogP contribution in [0.3, 0.4) is 0 Å². The van der Waals surface area contributed by atoms with Crippen LogP contribution < -0.4 is 10.0 Å². The van der Waals surface area contributed by atoms with Gasteiger partial charge in [0.15, 0.2) is 0 Å². The molecule has 1 aromatic carbocycles. The van der Waals surface area contributed by atoms with Crippen LogP contribution in [0.25, 0.3) is 11.4 Å². The number of likely N-dealkylation sites (tertiary alicyclic amines) is 1. The second kappa shape index (κ2) is 10.4. The largest absolute Gasteiger partial charge is 0.872 e. The van der Waals surface area contributed by atoms with E-state index in [1.807, 2.05) is 30.3 Å². The Hall–Kier alpha value is -3.82. The molecule has 186 valence electrons. The Morgan fingerprint density at radius 1 is 1.11 bits per heavy atom. The number of ether oxygens (including phenoxy) is 1. The Bertz CT molecular complexity index is 1270. The van der Waals surface area contributed by atoms with Crippen molar-refractivity contribution in [1.29, 1.82) is 0 Å². The lowest BCUT2D eigenvalue weighted by molar-refractivity contribution is -0.908. The first kappa shape index (κ1) is 23.9. The van der Waals surface area contributed by atoms with Crippen LogP contribution in [0, 0.1) is 6.92 Å². The van der Waals surface area contributed by atoms with E-state index in [-0.39, 0.29) is 5.57 Å². The minimum Gasteiger partial charge on any atom is -0.872 e. The maximum Gasteiger partial charge on any atom is 0.295 e. The molecule has 2 fully saturated rings. The minimum absolute atomic E-state index is 0.0394. The lowest BCUT2D eigenvalue weighted by Crippen LogP contribution is -3.14. The number of nitrogens with zero attached hydrogens (tertiary/aromatic N) is 4. The summed E-state index contributed by atoms with van der Waals surface area (Å²) in [6.07, 6.45) is 5.44. The second-order valence-electron chi connectivity index (χ2n) is 9.12. The van der Waals surface area contributed by atoms with Crippen molar-refractivity contribution >= 4 is 17.4 Å². The smallest absolute Gasteiger partial charge is 0.295 e. The monoisotopic (exact) mass is 487 g/mol. The van der Waals surface area contributed by atoms with Crippen molar-refractivity contribution in [2.75, 3.05) is 39.4 Å². The molecule has 2 aliphatic rings. The molecule has 0 bridgehead atoms. The highest BCUT2D eigenvalue weighted by Gasteiger charge is 2.44. The molecular formula is C27H29N5O4. The van der Waals surface area contributed by atoms with E-state index in [0.29, 0.717) is 23.4 Å². The molecule has 0 aliphatic carbocycles. The quantitative estimate of drug-likeness (QED) is 0.288. The van der Waals surface area contributed by atoms with Crippen molar-refractivity contribution in [2.45, 2.75) is 19.4 Å². The number of para-hydroxylation sites is 1. The highest BCUT2D eigenvalue weighted by atomic mass is 16.5. The molecular weight excluding hydrogens is 458 g/mol. The summed E-state index contributed by atoms with van der Waals surface area (Å²) in [5, 5.41) is 18.2. The third-order valence-corrected chi connectivity index (χ3v) is 6.91. The number of aromatic nitrogens is 3. The average molecular weight is 488 g/mol. The maximum atomic E-state index is 13.8. The van der Waals surface area contributed by atoms with Gasteiger partial charge in [-0.05, 0) is 30.7 Å². The summed E-state index contributed by atoms with van der Waals surface area (Å²) in [6.45, 7) is 6.37. The molecule has 2 aliphatic heterocycles. The van der Waals surface area contributed by atoms with Crippen LogP contribution in [0.2, 0.25) is 0 Å². The van der Waals surface area contributed by atoms with Crippen molar-refractivity contribution in [1.82, 2.24) is 19.7 Å². The molecule has 2 aromatic heterocycles. The number of amides is 1. The Balaban J connectivity index is 1.49. The molecule has 4 heterocycles. The molecule has 9 heteroatoms. The Labute approximate surface area is 209 Å². The van der Waals surface area contributed by atoms with Crippen LogP contribution in [0.4, 0.5) is 0 Å². The van der Waals surface area contributed by atoms with Crippen LogP contribution in [-0.4, -0.2) is 70.7 Å². The molecule has 1 amide bonds. The molecule has 1 unspecified atom stereocenters. The number of quaternary nitrogens is 1. The number of pyridine rings is 1. The minimum atomic E-state index is -0.773. The Morgan fingerprint density at radius 2 is 1.89 bits per heavy atom. The fourth-order valence-electron chi connectivity index (χ4n) is 5.00. The molecule has 9 nitrogen and oxygen atoms in total. The number of carbonyl (C=O) groups is 2. The Morgan fingerprint density at radius 3 is 2.61 bits per heavy atom. The van der Waals surface area contributed by atoms with Gasteiger partial charge in [0.1, 0.15) is 13.1 Å². The Kier molecular flexibility index (Phi) is 6.92. The zero-order valence-corrected chi connectivity index (χ0v) is 20.2. The van der Waals surface area contributed by atoms with Crippen LogP contribution in [-0.2, 0) is 14.3 Å². The number of rotatable bonds is 7. The van der Waals surface area contributed by atoms with Crippen LogP contribution in [0.1, 0.15) is 29.3 Å². The van der Waals surface area contributed by atoms with Gasteiger partial charge in [0.2, 0.25) is 5.78 Å². The van der Waals surface area contributed by atoms with Crippen molar-refractivity contribution < 1.29 is 24.3 Å². The number of hydrogen-bond donors (Lipinski definition) is 1. The van der Waals surface area contributed by atoms with Gasteiger partial charge in [-0.15, -0.1) is 0 Å². The van der Waals surface area contributed by atoms with Gasteiger partial charge in [0.25, 0.3) is 5.91 Å². The summed E-state index contributed by atoms with van der Waals surface area (Å²) in [5.41, 5.74) is 2.33. The van der Waals surface area contributed by atoms with Gasteiger partial charge in [-0.25, -0.2) is 4.68 Å². The molecule has 36 heavy (non-hydrogen) atoms. The lowest BCUT2D eigenvalue weighted by Gasteiger charge is -2.28.